The minimum atomic E-state index is -4.51. The van der Waals surface area contributed by atoms with Gasteiger partial charge in [0.05, 0.1) is 9.79 Å². The second-order valence-corrected chi connectivity index (χ2v) is 7.42. The molecule has 2 aromatic carbocycles. The fourth-order valence-corrected chi connectivity index (χ4v) is 4.16. The van der Waals surface area contributed by atoms with Gasteiger partial charge >= 0.3 is 79.4 Å². The van der Waals surface area contributed by atoms with E-state index in [-0.39, 0.29) is 80.3 Å². The van der Waals surface area contributed by atoms with Gasteiger partial charge in [0.25, 0.3) is 0 Å². The predicted octanol–water partition coefficient (Wildman–Crippen LogP) is -0.352. The molecule has 0 amide bonds. The number of rotatable bonds is 4. The average Bonchev–Trinajstić information content (AvgIpc) is 2.37. The molecule has 0 aliphatic carbocycles. The van der Waals surface area contributed by atoms with Crippen molar-refractivity contribution < 1.29 is 20.5 Å². The van der Waals surface area contributed by atoms with Crippen LogP contribution in [-0.4, -0.2) is 76.0 Å². The average molecular weight is 376 g/mol. The Morgan fingerprint density at radius 1 is 0.696 bits per heavy atom. The van der Waals surface area contributed by atoms with Gasteiger partial charge in [-0.25, -0.2) is 0 Å². The molecular formula is C12H14N2Na2O5S2. The number of hydrogen-bond donors (Lipinski definition) is 2. The zero-order chi connectivity index (χ0) is 15.7. The summed E-state index contributed by atoms with van der Waals surface area (Å²) in [5.41, 5.74) is 11.3. The first kappa shape index (κ1) is 22.9. The third kappa shape index (κ3) is 6.04. The summed E-state index contributed by atoms with van der Waals surface area (Å²) in [6.45, 7) is 0. The molecule has 23 heavy (non-hydrogen) atoms. The molecule has 11 heteroatoms. The second-order valence-electron chi connectivity index (χ2n) is 4.12. The molecule has 0 unspecified atom stereocenters. The van der Waals surface area contributed by atoms with Gasteiger partial charge in [0, 0.05) is 11.4 Å². The number of nitrogens with two attached hydrogens (primary N) is 2. The zero-order valence-electron chi connectivity index (χ0n) is 10.6. The van der Waals surface area contributed by atoms with Crippen LogP contribution in [0.5, 0.6) is 0 Å². The molecule has 0 atom stereocenters. The Labute approximate surface area is 179 Å². The summed E-state index contributed by atoms with van der Waals surface area (Å²) in [6, 6.07) is 10.2. The standard InChI is InChI=1S/C12H12N2O5S2.2Na.2H/c13-9-3-1-5-11(7-9)20(15,16)19-21(17,18)12-6-2-4-10(14)8-12;;;;/h1-8H,13-14H2;;;;. The van der Waals surface area contributed by atoms with Crippen LogP contribution in [0.3, 0.4) is 0 Å². The van der Waals surface area contributed by atoms with Crippen molar-refractivity contribution in [3.63, 3.8) is 0 Å². The Balaban J connectivity index is 0.00000242. The van der Waals surface area contributed by atoms with E-state index in [1.165, 1.54) is 36.4 Å². The van der Waals surface area contributed by atoms with Gasteiger partial charge in [-0.05, 0) is 36.4 Å². The molecule has 4 N–H and O–H groups in total. The van der Waals surface area contributed by atoms with E-state index in [1.54, 1.807) is 0 Å². The van der Waals surface area contributed by atoms with Crippen LogP contribution in [0.1, 0.15) is 0 Å². The summed E-state index contributed by atoms with van der Waals surface area (Å²) < 4.78 is 52.2. The molecule has 116 valence electrons. The van der Waals surface area contributed by atoms with E-state index < -0.39 is 20.2 Å². The SMILES string of the molecule is Nc1cccc(S(=O)(=O)OS(=O)(=O)c2cccc(N)c2)c1.[NaH].[NaH]. The van der Waals surface area contributed by atoms with Crippen LogP contribution in [0.4, 0.5) is 11.4 Å². The minimum absolute atomic E-state index is 0. The van der Waals surface area contributed by atoms with Crippen LogP contribution in [-0.2, 0) is 23.9 Å². The monoisotopic (exact) mass is 376 g/mol. The van der Waals surface area contributed by atoms with Gasteiger partial charge in [-0.3, -0.25) is 0 Å². The summed E-state index contributed by atoms with van der Waals surface area (Å²) in [5.74, 6) is 0. The Hall–Kier alpha value is -0.1000. The third-order valence-electron chi connectivity index (χ3n) is 2.47. The molecule has 7 nitrogen and oxygen atoms in total. The van der Waals surface area contributed by atoms with E-state index in [9.17, 15) is 16.8 Å². The Bertz CT molecular complexity index is 812. The van der Waals surface area contributed by atoms with E-state index in [4.69, 9.17) is 11.5 Å². The molecule has 0 aliphatic heterocycles. The molecule has 0 saturated carbocycles. The number of anilines is 2. The third-order valence-corrected chi connectivity index (χ3v) is 5.57. The molecule has 0 fully saturated rings. The second kappa shape index (κ2) is 8.84. The zero-order valence-corrected chi connectivity index (χ0v) is 12.3. The first-order chi connectivity index (χ1) is 9.71. The number of nitrogen functional groups attached to an aromatic ring is 2. The summed E-state index contributed by atoms with van der Waals surface area (Å²) in [6.07, 6.45) is 0. The van der Waals surface area contributed by atoms with Crippen molar-refractivity contribution in [2.75, 3.05) is 11.5 Å². The Morgan fingerprint density at radius 2 is 1.04 bits per heavy atom. The molecular weight excluding hydrogens is 362 g/mol. The molecule has 0 heterocycles. The topological polar surface area (TPSA) is 130 Å². The first-order valence-electron chi connectivity index (χ1n) is 5.63. The van der Waals surface area contributed by atoms with Gasteiger partial charge < -0.3 is 11.5 Å². The number of benzene rings is 2. The molecule has 0 radical (unpaired) electrons. The van der Waals surface area contributed by atoms with E-state index in [1.807, 2.05) is 0 Å². The summed E-state index contributed by atoms with van der Waals surface area (Å²) >= 11 is 0. The molecule has 0 spiro atoms. The van der Waals surface area contributed by atoms with Crippen molar-refractivity contribution in [1.82, 2.24) is 0 Å². The molecule has 0 saturated heterocycles. The van der Waals surface area contributed by atoms with Crippen molar-refractivity contribution in [3.05, 3.63) is 48.5 Å². The Kier molecular flexibility index (Phi) is 8.80. The van der Waals surface area contributed by atoms with Crippen LogP contribution in [0.2, 0.25) is 0 Å². The van der Waals surface area contributed by atoms with Crippen molar-refractivity contribution in [2.45, 2.75) is 9.79 Å². The van der Waals surface area contributed by atoms with Crippen LogP contribution >= 0.6 is 0 Å². The molecule has 0 aromatic heterocycles. The van der Waals surface area contributed by atoms with E-state index in [2.05, 4.69) is 3.63 Å². The summed E-state index contributed by atoms with van der Waals surface area (Å²) in [7, 11) is -9.02. The first-order valence-corrected chi connectivity index (χ1v) is 8.44. The quantitative estimate of drug-likeness (QED) is 0.551. The fraction of sp³-hybridized carbons (Fsp3) is 0. The summed E-state index contributed by atoms with van der Waals surface area (Å²) in [5, 5.41) is 0. The van der Waals surface area contributed by atoms with Crippen molar-refractivity contribution in [1.29, 1.82) is 0 Å². The maximum absolute atomic E-state index is 12.0. The van der Waals surface area contributed by atoms with Gasteiger partial charge in [-0.15, -0.1) is 3.63 Å². The van der Waals surface area contributed by atoms with Crippen molar-refractivity contribution >= 4 is 90.7 Å². The molecule has 0 aliphatic rings. The van der Waals surface area contributed by atoms with E-state index in [0.29, 0.717) is 0 Å². The van der Waals surface area contributed by atoms with Crippen molar-refractivity contribution in [2.24, 2.45) is 0 Å². The predicted molar refractivity (Wildman–Crippen MR) is 91.5 cm³/mol. The van der Waals surface area contributed by atoms with Crippen LogP contribution in [0, 0.1) is 0 Å². The van der Waals surface area contributed by atoms with Gasteiger partial charge in [-0.2, -0.15) is 16.8 Å². The van der Waals surface area contributed by atoms with E-state index >= 15 is 0 Å². The fourth-order valence-electron chi connectivity index (χ4n) is 1.54. The van der Waals surface area contributed by atoms with E-state index in [0.717, 1.165) is 12.1 Å². The van der Waals surface area contributed by atoms with Crippen LogP contribution in [0.25, 0.3) is 0 Å². The van der Waals surface area contributed by atoms with Gasteiger partial charge in [0.2, 0.25) is 0 Å². The van der Waals surface area contributed by atoms with Crippen LogP contribution < -0.4 is 11.5 Å². The normalized spacial score (nSPS) is 11.1. The molecule has 0 bridgehead atoms. The van der Waals surface area contributed by atoms with Crippen molar-refractivity contribution in [3.8, 4) is 0 Å². The number of hydrogen-bond acceptors (Lipinski definition) is 7. The maximum atomic E-state index is 12.0. The summed E-state index contributed by atoms with van der Waals surface area (Å²) in [4.78, 5) is -0.704. The van der Waals surface area contributed by atoms with Gasteiger partial charge in [0.15, 0.2) is 0 Å². The van der Waals surface area contributed by atoms with Crippen LogP contribution in [0.15, 0.2) is 58.3 Å². The Morgan fingerprint density at radius 3 is 1.35 bits per heavy atom. The van der Waals surface area contributed by atoms with Gasteiger partial charge in [0.1, 0.15) is 0 Å². The molecule has 2 aromatic rings. The van der Waals surface area contributed by atoms with Gasteiger partial charge in [-0.1, -0.05) is 12.1 Å². The molecule has 2 rings (SSSR count).